The molecule has 0 unspecified atom stereocenters. The second-order valence-corrected chi connectivity index (χ2v) is 7.78. The van der Waals surface area contributed by atoms with Gasteiger partial charge in [0.1, 0.15) is 17.3 Å². The number of anilines is 2. The van der Waals surface area contributed by atoms with Crippen molar-refractivity contribution >= 4 is 33.0 Å². The average molecular weight is 418 g/mol. The number of rotatable bonds is 6. The molecule has 0 saturated carbocycles. The van der Waals surface area contributed by atoms with Gasteiger partial charge >= 0.3 is 6.18 Å². The van der Waals surface area contributed by atoms with Gasteiger partial charge in [-0.05, 0) is 42.5 Å². The first-order valence-corrected chi connectivity index (χ1v) is 9.50. The fourth-order valence-electron chi connectivity index (χ4n) is 2.15. The van der Waals surface area contributed by atoms with Gasteiger partial charge in [0.05, 0.1) is 5.56 Å². The van der Waals surface area contributed by atoms with Crippen molar-refractivity contribution in [1.29, 1.82) is 0 Å². The average Bonchev–Trinajstić information content (AvgIpc) is 2.55. The Balaban J connectivity index is 1.95. The fourth-order valence-corrected chi connectivity index (χ4v) is 3.20. The third-order valence-electron chi connectivity index (χ3n) is 3.30. The highest BCUT2D eigenvalue weighted by molar-refractivity contribution is 7.92. The monoisotopic (exact) mass is 418 g/mol. The molecule has 2 aromatic rings. The van der Waals surface area contributed by atoms with Gasteiger partial charge in [-0.25, -0.2) is 12.8 Å². The van der Waals surface area contributed by atoms with Crippen molar-refractivity contribution in [2.24, 2.45) is 0 Å². The summed E-state index contributed by atoms with van der Waals surface area (Å²) in [6.45, 7) is 0. The first-order chi connectivity index (χ1) is 12.9. The molecule has 0 aliphatic rings. The van der Waals surface area contributed by atoms with Crippen molar-refractivity contribution in [1.82, 2.24) is 0 Å². The zero-order valence-electron chi connectivity index (χ0n) is 14.1. The van der Waals surface area contributed by atoms with Gasteiger partial charge in [-0.2, -0.15) is 13.2 Å². The molecule has 0 aliphatic heterocycles. The maximum absolute atomic E-state index is 12.8. The number of hydrogen-bond acceptors (Lipinski definition) is 4. The Morgan fingerprint density at radius 2 is 1.39 bits per heavy atom. The lowest BCUT2D eigenvalue weighted by Crippen LogP contribution is -2.30. The molecule has 2 rings (SSSR count). The standard InChI is InChI=1S/C17H14F4N2O4S/c18-12-4-6-13(7-5-12)22-15(24)9-28(26,27)10-16(25)23-14-3-1-2-11(8-14)17(19,20)21/h1-8H,9-10H2,(H,22,24)(H,23,25). The molecular weight excluding hydrogens is 404 g/mol. The van der Waals surface area contributed by atoms with Crippen molar-refractivity contribution in [3.05, 3.63) is 59.9 Å². The molecule has 2 amide bonds. The van der Waals surface area contributed by atoms with E-state index in [9.17, 15) is 35.6 Å². The van der Waals surface area contributed by atoms with E-state index in [-0.39, 0.29) is 11.4 Å². The van der Waals surface area contributed by atoms with Crippen LogP contribution in [0.1, 0.15) is 5.56 Å². The van der Waals surface area contributed by atoms with Crippen LogP contribution >= 0.6 is 0 Å². The van der Waals surface area contributed by atoms with E-state index in [0.717, 1.165) is 24.3 Å². The van der Waals surface area contributed by atoms with Crippen molar-refractivity contribution in [3.8, 4) is 0 Å². The summed E-state index contributed by atoms with van der Waals surface area (Å²) in [7, 11) is -4.19. The molecule has 0 bridgehead atoms. The molecule has 150 valence electrons. The number of hydrogen-bond donors (Lipinski definition) is 2. The van der Waals surface area contributed by atoms with E-state index in [1.165, 1.54) is 18.2 Å². The van der Waals surface area contributed by atoms with Gasteiger partial charge < -0.3 is 10.6 Å². The number of benzene rings is 2. The van der Waals surface area contributed by atoms with Gasteiger partial charge in [-0.3, -0.25) is 9.59 Å². The molecule has 0 aromatic heterocycles. The predicted octanol–water partition coefficient (Wildman–Crippen LogP) is 2.84. The van der Waals surface area contributed by atoms with Crippen LogP contribution in [0.4, 0.5) is 28.9 Å². The lowest BCUT2D eigenvalue weighted by molar-refractivity contribution is -0.137. The molecule has 0 radical (unpaired) electrons. The van der Waals surface area contributed by atoms with E-state index in [1.54, 1.807) is 0 Å². The van der Waals surface area contributed by atoms with Crippen molar-refractivity contribution in [2.75, 3.05) is 22.1 Å². The Morgan fingerprint density at radius 1 is 0.857 bits per heavy atom. The van der Waals surface area contributed by atoms with Crippen molar-refractivity contribution in [3.63, 3.8) is 0 Å². The summed E-state index contributed by atoms with van der Waals surface area (Å²) in [5, 5.41) is 4.28. The molecule has 0 heterocycles. The number of sulfone groups is 1. The number of amides is 2. The van der Waals surface area contributed by atoms with E-state index in [4.69, 9.17) is 0 Å². The van der Waals surface area contributed by atoms with Crippen LogP contribution < -0.4 is 10.6 Å². The van der Waals surface area contributed by atoms with Crippen LogP contribution in [0.2, 0.25) is 0 Å². The van der Waals surface area contributed by atoms with Gasteiger partial charge in [0.2, 0.25) is 11.8 Å². The van der Waals surface area contributed by atoms with E-state index >= 15 is 0 Å². The molecule has 0 aliphatic carbocycles. The number of carbonyl (C=O) groups excluding carboxylic acids is 2. The van der Waals surface area contributed by atoms with Gasteiger partial charge in [0, 0.05) is 11.4 Å². The topological polar surface area (TPSA) is 92.3 Å². The smallest absolute Gasteiger partial charge is 0.325 e. The molecule has 2 N–H and O–H groups in total. The Morgan fingerprint density at radius 3 is 1.93 bits per heavy atom. The van der Waals surface area contributed by atoms with Gasteiger partial charge in [0.25, 0.3) is 0 Å². The van der Waals surface area contributed by atoms with E-state index in [0.29, 0.717) is 6.07 Å². The molecule has 28 heavy (non-hydrogen) atoms. The normalized spacial score (nSPS) is 11.7. The van der Waals surface area contributed by atoms with Gasteiger partial charge in [-0.1, -0.05) is 6.07 Å². The zero-order chi connectivity index (χ0) is 20.9. The minimum atomic E-state index is -4.62. The summed E-state index contributed by atoms with van der Waals surface area (Å²) in [5.74, 6) is -4.70. The summed E-state index contributed by atoms with van der Waals surface area (Å²) >= 11 is 0. The fraction of sp³-hybridized carbons (Fsp3) is 0.176. The first kappa shape index (κ1) is 21.4. The predicted molar refractivity (Wildman–Crippen MR) is 93.8 cm³/mol. The lowest BCUT2D eigenvalue weighted by Gasteiger charge is -2.10. The minimum Gasteiger partial charge on any atom is -0.325 e. The minimum absolute atomic E-state index is 0.162. The van der Waals surface area contributed by atoms with E-state index in [2.05, 4.69) is 5.32 Å². The third-order valence-corrected chi connectivity index (χ3v) is 4.71. The number of carbonyl (C=O) groups is 2. The summed E-state index contributed by atoms with van der Waals surface area (Å²) < 4.78 is 74.6. The third kappa shape index (κ3) is 6.65. The second-order valence-electron chi connectivity index (χ2n) is 5.71. The summed E-state index contributed by atoms with van der Waals surface area (Å²) in [6.07, 6.45) is -4.62. The SMILES string of the molecule is O=C(CS(=O)(=O)CC(=O)Nc1cccc(C(F)(F)F)c1)Nc1ccc(F)cc1. The van der Waals surface area contributed by atoms with Gasteiger partial charge in [-0.15, -0.1) is 0 Å². The molecule has 0 fully saturated rings. The maximum atomic E-state index is 12.8. The maximum Gasteiger partial charge on any atom is 0.416 e. The van der Waals surface area contributed by atoms with Crippen LogP contribution in [0.3, 0.4) is 0 Å². The van der Waals surface area contributed by atoms with Crippen LogP contribution in [-0.4, -0.2) is 31.7 Å². The van der Waals surface area contributed by atoms with Crippen molar-refractivity contribution in [2.45, 2.75) is 6.18 Å². The largest absolute Gasteiger partial charge is 0.416 e. The first-order valence-electron chi connectivity index (χ1n) is 7.67. The summed E-state index contributed by atoms with van der Waals surface area (Å²) in [5.41, 5.74) is -1.08. The van der Waals surface area contributed by atoms with E-state index < -0.39 is 50.7 Å². The second kappa shape index (κ2) is 8.38. The molecule has 11 heteroatoms. The number of alkyl halides is 3. The number of nitrogens with one attached hydrogen (secondary N) is 2. The van der Waals surface area contributed by atoms with Crippen LogP contribution in [0, 0.1) is 5.82 Å². The molecule has 0 spiro atoms. The highest BCUT2D eigenvalue weighted by atomic mass is 32.2. The molecular formula is C17H14F4N2O4S. The Bertz CT molecular complexity index is 973. The summed E-state index contributed by atoms with van der Waals surface area (Å²) in [4.78, 5) is 23.6. The molecule has 2 aromatic carbocycles. The van der Waals surface area contributed by atoms with Crippen LogP contribution in [-0.2, 0) is 25.6 Å². The van der Waals surface area contributed by atoms with Crippen LogP contribution in [0.15, 0.2) is 48.5 Å². The molecule has 0 atom stereocenters. The lowest BCUT2D eigenvalue weighted by atomic mass is 10.2. The zero-order valence-corrected chi connectivity index (χ0v) is 14.9. The highest BCUT2D eigenvalue weighted by Crippen LogP contribution is 2.30. The Labute approximate surface area is 157 Å². The van der Waals surface area contributed by atoms with E-state index in [1.807, 2.05) is 5.32 Å². The Hall–Kier alpha value is -2.95. The van der Waals surface area contributed by atoms with Crippen LogP contribution in [0.5, 0.6) is 0 Å². The Kier molecular flexibility index (Phi) is 6.39. The molecule has 6 nitrogen and oxygen atoms in total. The van der Waals surface area contributed by atoms with Gasteiger partial charge in [0.15, 0.2) is 9.84 Å². The van der Waals surface area contributed by atoms with Crippen molar-refractivity contribution < 1.29 is 35.6 Å². The van der Waals surface area contributed by atoms with Crippen LogP contribution in [0.25, 0.3) is 0 Å². The number of halogens is 4. The quantitative estimate of drug-likeness (QED) is 0.706. The highest BCUT2D eigenvalue weighted by Gasteiger charge is 2.30. The molecule has 0 saturated heterocycles. The summed E-state index contributed by atoms with van der Waals surface area (Å²) in [6, 6.07) is 8.25.